The zero-order valence-electron chi connectivity index (χ0n) is 7.78. The molecule has 0 bridgehead atoms. The van der Waals surface area contributed by atoms with Crippen molar-refractivity contribution in [1.82, 2.24) is 4.98 Å². The summed E-state index contributed by atoms with van der Waals surface area (Å²) in [6.45, 7) is 1.95. The normalized spacial score (nSPS) is 12.7. The Hall–Kier alpha value is -1.09. The van der Waals surface area contributed by atoms with E-state index in [1.54, 1.807) is 0 Å². The van der Waals surface area contributed by atoms with Crippen LogP contribution in [0, 0.1) is 0 Å². The van der Waals surface area contributed by atoms with Crippen LogP contribution in [-0.4, -0.2) is 19.1 Å². The average molecular weight is 165 g/mol. The summed E-state index contributed by atoms with van der Waals surface area (Å²) in [5.74, 6) is 0.958. The monoisotopic (exact) mass is 165 g/mol. The molecule has 0 saturated heterocycles. The lowest BCUT2D eigenvalue weighted by molar-refractivity contribution is 0.810. The van der Waals surface area contributed by atoms with Crippen molar-refractivity contribution >= 4 is 5.82 Å². The highest BCUT2D eigenvalue weighted by molar-refractivity contribution is 5.37. The average Bonchev–Trinajstić information content (AvgIpc) is 2.04. The maximum Gasteiger partial charge on any atom is 0.127 e. The second kappa shape index (κ2) is 3.54. The minimum Gasteiger partial charge on any atom is -0.363 e. The standard InChI is InChI=1S/C9H15N3/c1-7(10)8-4-5-9(11-6-8)12(2)3/h4-7H,10H2,1-3H3/t7-/m1/s1. The molecule has 0 unspecified atom stereocenters. The van der Waals surface area contributed by atoms with Gasteiger partial charge in [-0.15, -0.1) is 0 Å². The lowest BCUT2D eigenvalue weighted by Crippen LogP contribution is -2.11. The van der Waals surface area contributed by atoms with Crippen molar-refractivity contribution < 1.29 is 0 Å². The molecule has 2 N–H and O–H groups in total. The van der Waals surface area contributed by atoms with Crippen LogP contribution in [0.2, 0.25) is 0 Å². The minimum atomic E-state index is 0.0636. The number of nitrogens with two attached hydrogens (primary N) is 1. The Morgan fingerprint density at radius 3 is 2.42 bits per heavy atom. The van der Waals surface area contributed by atoms with E-state index in [1.165, 1.54) is 0 Å². The largest absolute Gasteiger partial charge is 0.363 e. The molecule has 12 heavy (non-hydrogen) atoms. The SMILES string of the molecule is C[C@@H](N)c1ccc(N(C)C)nc1. The second-order valence-electron chi connectivity index (χ2n) is 3.13. The fourth-order valence-electron chi connectivity index (χ4n) is 0.931. The van der Waals surface area contributed by atoms with Gasteiger partial charge in [-0.25, -0.2) is 4.98 Å². The molecule has 0 radical (unpaired) electrons. The first-order valence-electron chi connectivity index (χ1n) is 4.00. The molecule has 1 aromatic heterocycles. The van der Waals surface area contributed by atoms with E-state index in [4.69, 9.17) is 5.73 Å². The molecule has 66 valence electrons. The molecule has 3 nitrogen and oxygen atoms in total. The first-order valence-corrected chi connectivity index (χ1v) is 4.00. The number of nitrogens with zero attached hydrogens (tertiary/aromatic N) is 2. The summed E-state index contributed by atoms with van der Waals surface area (Å²) in [6, 6.07) is 4.04. The molecule has 0 aromatic carbocycles. The van der Waals surface area contributed by atoms with E-state index in [0.29, 0.717) is 0 Å². The van der Waals surface area contributed by atoms with Gasteiger partial charge in [-0.05, 0) is 18.6 Å². The maximum atomic E-state index is 5.69. The van der Waals surface area contributed by atoms with Crippen molar-refractivity contribution in [2.75, 3.05) is 19.0 Å². The zero-order valence-corrected chi connectivity index (χ0v) is 7.78. The molecule has 0 aliphatic heterocycles. The first-order chi connectivity index (χ1) is 5.61. The molecule has 1 atom stereocenters. The van der Waals surface area contributed by atoms with E-state index in [9.17, 15) is 0 Å². The smallest absolute Gasteiger partial charge is 0.127 e. The van der Waals surface area contributed by atoms with Crippen molar-refractivity contribution in [3.63, 3.8) is 0 Å². The molecule has 3 heteroatoms. The van der Waals surface area contributed by atoms with Crippen LogP contribution in [-0.2, 0) is 0 Å². The highest BCUT2D eigenvalue weighted by Gasteiger charge is 2.00. The van der Waals surface area contributed by atoms with Gasteiger partial charge in [-0.2, -0.15) is 0 Å². The summed E-state index contributed by atoms with van der Waals surface area (Å²) in [6.07, 6.45) is 1.82. The number of hydrogen-bond acceptors (Lipinski definition) is 3. The van der Waals surface area contributed by atoms with Crippen molar-refractivity contribution in [3.05, 3.63) is 23.9 Å². The summed E-state index contributed by atoms with van der Waals surface area (Å²) in [4.78, 5) is 6.21. The van der Waals surface area contributed by atoms with Gasteiger partial charge in [0.05, 0.1) is 0 Å². The van der Waals surface area contributed by atoms with Crippen molar-refractivity contribution in [3.8, 4) is 0 Å². The fourth-order valence-corrected chi connectivity index (χ4v) is 0.931. The fraction of sp³-hybridized carbons (Fsp3) is 0.444. The Morgan fingerprint density at radius 1 is 1.42 bits per heavy atom. The Kier molecular flexibility index (Phi) is 2.65. The van der Waals surface area contributed by atoms with E-state index in [2.05, 4.69) is 4.98 Å². The van der Waals surface area contributed by atoms with Gasteiger partial charge in [0.15, 0.2) is 0 Å². The molecule has 0 spiro atoms. The Balaban J connectivity index is 2.86. The summed E-state index contributed by atoms with van der Waals surface area (Å²) in [5, 5.41) is 0. The van der Waals surface area contributed by atoms with Crippen LogP contribution in [0.5, 0.6) is 0 Å². The quantitative estimate of drug-likeness (QED) is 0.715. The lowest BCUT2D eigenvalue weighted by atomic mass is 10.1. The second-order valence-corrected chi connectivity index (χ2v) is 3.13. The van der Waals surface area contributed by atoms with Crippen LogP contribution < -0.4 is 10.6 Å². The summed E-state index contributed by atoms with van der Waals surface area (Å²) in [5.41, 5.74) is 6.76. The van der Waals surface area contributed by atoms with Crippen LogP contribution in [0.3, 0.4) is 0 Å². The molecular formula is C9H15N3. The highest BCUT2D eigenvalue weighted by atomic mass is 15.1. The van der Waals surface area contributed by atoms with E-state index in [1.807, 2.05) is 44.2 Å². The van der Waals surface area contributed by atoms with Gasteiger partial charge in [-0.3, -0.25) is 0 Å². The van der Waals surface area contributed by atoms with E-state index >= 15 is 0 Å². The van der Waals surface area contributed by atoms with Crippen LogP contribution in [0.1, 0.15) is 18.5 Å². The van der Waals surface area contributed by atoms with E-state index in [0.717, 1.165) is 11.4 Å². The molecule has 0 fully saturated rings. The van der Waals surface area contributed by atoms with Gasteiger partial charge >= 0.3 is 0 Å². The van der Waals surface area contributed by atoms with Crippen molar-refractivity contribution in [1.29, 1.82) is 0 Å². The van der Waals surface area contributed by atoms with Crippen LogP contribution in [0.4, 0.5) is 5.82 Å². The predicted octanol–water partition coefficient (Wildman–Crippen LogP) is 1.17. The van der Waals surface area contributed by atoms with Crippen molar-refractivity contribution in [2.45, 2.75) is 13.0 Å². The molecule has 0 aliphatic carbocycles. The van der Waals surface area contributed by atoms with Crippen molar-refractivity contribution in [2.24, 2.45) is 5.73 Å². The third-order valence-corrected chi connectivity index (χ3v) is 1.75. The summed E-state index contributed by atoms with van der Waals surface area (Å²) < 4.78 is 0. The van der Waals surface area contributed by atoms with Gasteiger partial charge in [0.2, 0.25) is 0 Å². The van der Waals surface area contributed by atoms with Gasteiger partial charge in [0.1, 0.15) is 5.82 Å². The number of rotatable bonds is 2. The zero-order chi connectivity index (χ0) is 9.14. The number of pyridine rings is 1. The Labute approximate surface area is 73.2 Å². The van der Waals surface area contributed by atoms with Crippen LogP contribution in [0.25, 0.3) is 0 Å². The molecular weight excluding hydrogens is 150 g/mol. The number of anilines is 1. The van der Waals surface area contributed by atoms with Gasteiger partial charge in [0.25, 0.3) is 0 Å². The lowest BCUT2D eigenvalue weighted by Gasteiger charge is -2.12. The molecule has 1 aromatic rings. The topological polar surface area (TPSA) is 42.1 Å². The Morgan fingerprint density at radius 2 is 2.08 bits per heavy atom. The minimum absolute atomic E-state index is 0.0636. The number of hydrogen-bond donors (Lipinski definition) is 1. The van der Waals surface area contributed by atoms with Gasteiger partial charge in [-0.1, -0.05) is 6.07 Å². The van der Waals surface area contributed by atoms with E-state index in [-0.39, 0.29) is 6.04 Å². The van der Waals surface area contributed by atoms with Gasteiger partial charge in [0, 0.05) is 26.3 Å². The Bertz CT molecular complexity index is 211. The molecule has 1 heterocycles. The molecule has 0 saturated carbocycles. The third-order valence-electron chi connectivity index (χ3n) is 1.75. The summed E-state index contributed by atoms with van der Waals surface area (Å²) in [7, 11) is 3.93. The summed E-state index contributed by atoms with van der Waals surface area (Å²) >= 11 is 0. The van der Waals surface area contributed by atoms with Gasteiger partial charge < -0.3 is 10.6 Å². The molecule has 1 rings (SSSR count). The predicted molar refractivity (Wildman–Crippen MR) is 51.2 cm³/mol. The van der Waals surface area contributed by atoms with E-state index < -0.39 is 0 Å². The number of aromatic nitrogens is 1. The third kappa shape index (κ3) is 1.95. The van der Waals surface area contributed by atoms with Crippen LogP contribution >= 0.6 is 0 Å². The highest BCUT2D eigenvalue weighted by Crippen LogP contribution is 2.11. The molecule has 0 aliphatic rings. The van der Waals surface area contributed by atoms with Crippen LogP contribution in [0.15, 0.2) is 18.3 Å². The maximum absolute atomic E-state index is 5.69. The molecule has 0 amide bonds. The first kappa shape index (κ1) is 9.00.